The maximum Gasteiger partial charge on any atom is 0.254 e. The molecule has 0 radical (unpaired) electrons. The Bertz CT molecular complexity index is 908. The first kappa shape index (κ1) is 20.9. The molecule has 0 aromatic heterocycles. The Morgan fingerprint density at radius 2 is 1.81 bits per heavy atom. The Morgan fingerprint density at radius 1 is 1.19 bits per heavy atom. The first-order chi connectivity index (χ1) is 12.7. The lowest BCUT2D eigenvalue weighted by Gasteiger charge is -2.26. The van der Waals surface area contributed by atoms with Gasteiger partial charge < -0.3 is 9.64 Å². The molecule has 1 N–H and O–H groups in total. The topological polar surface area (TPSA) is 75.7 Å². The zero-order chi connectivity index (χ0) is 20.2. The molecule has 7 heteroatoms. The van der Waals surface area contributed by atoms with Crippen LogP contribution in [0.4, 0.5) is 0 Å². The molecule has 0 aliphatic heterocycles. The van der Waals surface area contributed by atoms with Gasteiger partial charge in [0.1, 0.15) is 5.75 Å². The SMILES string of the molecule is CCNS(=O)(=O)c1ccc(C)c(C(=O)N(C)C(C)c2ccc(OC)cc2)c1. The van der Waals surface area contributed by atoms with Crippen molar-refractivity contribution in [3.05, 3.63) is 59.2 Å². The highest BCUT2D eigenvalue weighted by Crippen LogP contribution is 2.25. The van der Waals surface area contributed by atoms with Crippen LogP contribution in [0.5, 0.6) is 5.75 Å². The quantitative estimate of drug-likeness (QED) is 0.788. The van der Waals surface area contributed by atoms with Crippen LogP contribution in [0.3, 0.4) is 0 Å². The number of carbonyl (C=O) groups excluding carboxylic acids is 1. The summed E-state index contributed by atoms with van der Waals surface area (Å²) in [4.78, 5) is 14.7. The van der Waals surface area contributed by atoms with Crippen LogP contribution in [0.1, 0.15) is 41.4 Å². The largest absolute Gasteiger partial charge is 0.497 e. The minimum Gasteiger partial charge on any atom is -0.497 e. The van der Waals surface area contributed by atoms with Crippen LogP contribution in [0.15, 0.2) is 47.4 Å². The first-order valence-corrected chi connectivity index (χ1v) is 10.2. The number of rotatable bonds is 7. The van der Waals surface area contributed by atoms with Crippen LogP contribution in [-0.2, 0) is 10.0 Å². The second kappa shape index (κ2) is 8.54. The fourth-order valence-corrected chi connectivity index (χ4v) is 3.81. The summed E-state index contributed by atoms with van der Waals surface area (Å²) in [7, 11) is -0.311. The van der Waals surface area contributed by atoms with E-state index in [0.29, 0.717) is 5.56 Å². The first-order valence-electron chi connectivity index (χ1n) is 8.72. The van der Waals surface area contributed by atoms with Gasteiger partial charge in [0, 0.05) is 19.2 Å². The summed E-state index contributed by atoms with van der Waals surface area (Å²) in [5.41, 5.74) is 2.06. The highest BCUT2D eigenvalue weighted by atomic mass is 32.2. The highest BCUT2D eigenvalue weighted by Gasteiger charge is 2.23. The van der Waals surface area contributed by atoms with Gasteiger partial charge in [0.15, 0.2) is 0 Å². The van der Waals surface area contributed by atoms with Gasteiger partial charge in [-0.05, 0) is 49.2 Å². The molecule has 0 fully saturated rings. The van der Waals surface area contributed by atoms with Crippen LogP contribution in [0.2, 0.25) is 0 Å². The molecule has 0 heterocycles. The van der Waals surface area contributed by atoms with Crippen molar-refractivity contribution in [3.63, 3.8) is 0 Å². The molecule has 1 amide bonds. The van der Waals surface area contributed by atoms with E-state index < -0.39 is 10.0 Å². The lowest BCUT2D eigenvalue weighted by Crippen LogP contribution is -2.30. The summed E-state index contributed by atoms with van der Waals surface area (Å²) in [6, 6.07) is 11.9. The Kier molecular flexibility index (Phi) is 6.62. The standard InChI is InChI=1S/C20H26N2O4S/c1-6-21-27(24,25)18-12-7-14(2)19(13-18)20(23)22(4)15(3)16-8-10-17(26-5)11-9-16/h7-13,15,21H,6H2,1-5H3. The van der Waals surface area contributed by atoms with Gasteiger partial charge in [-0.3, -0.25) is 4.79 Å². The zero-order valence-corrected chi connectivity index (χ0v) is 17.1. The van der Waals surface area contributed by atoms with Gasteiger partial charge in [0.25, 0.3) is 5.91 Å². The van der Waals surface area contributed by atoms with Crippen LogP contribution >= 0.6 is 0 Å². The second-order valence-electron chi connectivity index (χ2n) is 6.34. The molecule has 0 aliphatic carbocycles. The molecule has 1 unspecified atom stereocenters. The number of benzene rings is 2. The molecule has 0 bridgehead atoms. The van der Waals surface area contributed by atoms with Gasteiger partial charge in [-0.25, -0.2) is 13.1 Å². The van der Waals surface area contributed by atoms with E-state index in [2.05, 4.69) is 4.72 Å². The van der Waals surface area contributed by atoms with E-state index in [9.17, 15) is 13.2 Å². The maximum atomic E-state index is 13.0. The lowest BCUT2D eigenvalue weighted by molar-refractivity contribution is 0.0741. The van der Waals surface area contributed by atoms with Crippen LogP contribution < -0.4 is 9.46 Å². The molecule has 27 heavy (non-hydrogen) atoms. The van der Waals surface area contributed by atoms with Crippen molar-refractivity contribution in [2.24, 2.45) is 0 Å². The number of methoxy groups -OCH3 is 1. The average molecular weight is 391 g/mol. The van der Waals surface area contributed by atoms with Gasteiger partial charge >= 0.3 is 0 Å². The maximum absolute atomic E-state index is 13.0. The van der Waals surface area contributed by atoms with Crippen molar-refractivity contribution in [2.75, 3.05) is 20.7 Å². The van der Waals surface area contributed by atoms with E-state index >= 15 is 0 Å². The van der Waals surface area contributed by atoms with E-state index in [1.54, 1.807) is 39.0 Å². The lowest BCUT2D eigenvalue weighted by atomic mass is 10.0. The van der Waals surface area contributed by atoms with E-state index in [1.165, 1.54) is 12.1 Å². The number of aryl methyl sites for hydroxylation is 1. The normalized spacial score (nSPS) is 12.5. The Morgan fingerprint density at radius 3 is 2.37 bits per heavy atom. The van der Waals surface area contributed by atoms with Crippen molar-refractivity contribution in [3.8, 4) is 5.75 Å². The van der Waals surface area contributed by atoms with Crippen molar-refractivity contribution in [1.82, 2.24) is 9.62 Å². The van der Waals surface area contributed by atoms with Crippen LogP contribution in [0.25, 0.3) is 0 Å². The fraction of sp³-hybridized carbons (Fsp3) is 0.350. The Balaban J connectivity index is 2.32. The smallest absolute Gasteiger partial charge is 0.254 e. The van der Waals surface area contributed by atoms with Crippen molar-refractivity contribution < 1.29 is 17.9 Å². The molecular formula is C20H26N2O4S. The second-order valence-corrected chi connectivity index (χ2v) is 8.11. The van der Waals surface area contributed by atoms with Gasteiger partial charge in [-0.1, -0.05) is 25.1 Å². The molecule has 0 saturated carbocycles. The number of sulfonamides is 1. The number of carbonyl (C=O) groups is 1. The number of hydrogen-bond acceptors (Lipinski definition) is 4. The molecule has 0 aliphatic rings. The summed E-state index contributed by atoms with van der Waals surface area (Å²) in [6.07, 6.45) is 0. The minimum absolute atomic E-state index is 0.0869. The molecular weight excluding hydrogens is 364 g/mol. The molecule has 0 saturated heterocycles. The highest BCUT2D eigenvalue weighted by molar-refractivity contribution is 7.89. The van der Waals surface area contributed by atoms with Crippen LogP contribution in [-0.4, -0.2) is 39.9 Å². The summed E-state index contributed by atoms with van der Waals surface area (Å²) in [5.74, 6) is 0.515. The number of nitrogens with one attached hydrogen (secondary N) is 1. The summed E-state index contributed by atoms with van der Waals surface area (Å²) in [6.45, 7) is 5.72. The molecule has 146 valence electrons. The van der Waals surface area contributed by atoms with Gasteiger partial charge in [0.2, 0.25) is 10.0 Å². The zero-order valence-electron chi connectivity index (χ0n) is 16.3. The third-order valence-electron chi connectivity index (χ3n) is 4.58. The molecule has 1 atom stereocenters. The Labute approximate surface area is 161 Å². The molecule has 0 spiro atoms. The summed E-state index contributed by atoms with van der Waals surface area (Å²) in [5, 5.41) is 0. The van der Waals surface area contributed by atoms with Crippen molar-refractivity contribution in [1.29, 1.82) is 0 Å². The van der Waals surface area contributed by atoms with Gasteiger partial charge in [-0.15, -0.1) is 0 Å². The predicted molar refractivity (Wildman–Crippen MR) is 106 cm³/mol. The van der Waals surface area contributed by atoms with E-state index in [-0.39, 0.29) is 23.4 Å². The summed E-state index contributed by atoms with van der Waals surface area (Å²) >= 11 is 0. The van der Waals surface area contributed by atoms with Gasteiger partial charge in [0.05, 0.1) is 18.0 Å². The molecule has 2 aromatic rings. The number of nitrogens with zero attached hydrogens (tertiary/aromatic N) is 1. The summed E-state index contributed by atoms with van der Waals surface area (Å²) < 4.78 is 32.1. The predicted octanol–water partition coefficient (Wildman–Crippen LogP) is 3.14. The fourth-order valence-electron chi connectivity index (χ4n) is 2.74. The Hall–Kier alpha value is -2.38. The molecule has 6 nitrogen and oxygen atoms in total. The number of hydrogen-bond donors (Lipinski definition) is 1. The van der Waals surface area contributed by atoms with Gasteiger partial charge in [-0.2, -0.15) is 0 Å². The van der Waals surface area contributed by atoms with Crippen LogP contribution in [0, 0.1) is 6.92 Å². The van der Waals surface area contributed by atoms with E-state index in [4.69, 9.17) is 4.74 Å². The molecule has 2 aromatic carbocycles. The number of ether oxygens (including phenoxy) is 1. The van der Waals surface area contributed by atoms with Crippen molar-refractivity contribution in [2.45, 2.75) is 31.7 Å². The monoisotopic (exact) mass is 390 g/mol. The average Bonchev–Trinajstić information content (AvgIpc) is 2.66. The third kappa shape index (κ3) is 4.67. The minimum atomic E-state index is -3.62. The van der Waals surface area contributed by atoms with E-state index in [1.807, 2.05) is 31.2 Å². The van der Waals surface area contributed by atoms with E-state index in [0.717, 1.165) is 16.9 Å². The number of amides is 1. The molecule has 2 rings (SSSR count). The van der Waals surface area contributed by atoms with Crippen molar-refractivity contribution >= 4 is 15.9 Å². The third-order valence-corrected chi connectivity index (χ3v) is 6.13.